The molecule has 1 atom stereocenters. The van der Waals surface area contributed by atoms with E-state index in [9.17, 15) is 43.9 Å². The Hall–Kier alpha value is -2.37. The van der Waals surface area contributed by atoms with Crippen molar-refractivity contribution in [2.45, 2.75) is 43.4 Å². The van der Waals surface area contributed by atoms with Gasteiger partial charge in [0.2, 0.25) is 0 Å². The fraction of sp³-hybridized carbons (Fsp3) is 0.429. The lowest BCUT2D eigenvalue weighted by Gasteiger charge is -2.29. The molecule has 0 saturated carbocycles. The zero-order chi connectivity index (χ0) is 26.9. The van der Waals surface area contributed by atoms with Crippen LogP contribution in [0.15, 0.2) is 24.3 Å². The number of alkyl halides is 7. The summed E-state index contributed by atoms with van der Waals surface area (Å²) >= 11 is 5.20. The molecule has 0 aliphatic rings. The van der Waals surface area contributed by atoms with E-state index in [1.807, 2.05) is 0 Å². The van der Waals surface area contributed by atoms with Gasteiger partial charge in [0.05, 0.1) is 25.2 Å². The summed E-state index contributed by atoms with van der Waals surface area (Å²) in [5.74, 6) is -5.75. The largest absolute Gasteiger partial charge is 0.497 e. The lowest BCUT2D eigenvalue weighted by Crippen LogP contribution is -2.38. The van der Waals surface area contributed by atoms with E-state index in [0.29, 0.717) is 19.1 Å². The standard InChI is InChI=1S/C11H11F5O.C10H8ClF5O/c1-10(2,11(14,15)16)9-7(12)4-6(17-3)5-8(9)13;1-9(11,10(14,15)16)8-6(12)3-5(17-2)4-7(8)13/h4-5H,1-3H3;3-4H,1-2H3. The minimum Gasteiger partial charge on any atom is -0.497 e. The lowest BCUT2D eigenvalue weighted by atomic mass is 9.83. The van der Waals surface area contributed by atoms with Gasteiger partial charge in [0.25, 0.3) is 0 Å². The summed E-state index contributed by atoms with van der Waals surface area (Å²) in [6.45, 7) is 1.93. The van der Waals surface area contributed by atoms with Gasteiger partial charge in [-0.15, -0.1) is 11.6 Å². The van der Waals surface area contributed by atoms with Crippen molar-refractivity contribution in [2.75, 3.05) is 14.2 Å². The third-order valence-electron chi connectivity index (χ3n) is 4.84. The van der Waals surface area contributed by atoms with Crippen molar-refractivity contribution in [3.8, 4) is 11.5 Å². The first-order chi connectivity index (χ1) is 15.2. The van der Waals surface area contributed by atoms with Crippen LogP contribution in [0.1, 0.15) is 31.9 Å². The monoisotopic (exact) mass is 528 g/mol. The van der Waals surface area contributed by atoms with Gasteiger partial charge >= 0.3 is 12.4 Å². The summed E-state index contributed by atoms with van der Waals surface area (Å²) in [5.41, 5.74) is -4.86. The molecule has 0 aliphatic heterocycles. The molecule has 34 heavy (non-hydrogen) atoms. The van der Waals surface area contributed by atoms with Crippen molar-refractivity contribution in [1.82, 2.24) is 0 Å². The molecule has 2 rings (SSSR count). The first kappa shape index (κ1) is 29.7. The van der Waals surface area contributed by atoms with Gasteiger partial charge < -0.3 is 9.47 Å². The molecule has 0 bridgehead atoms. The third kappa shape index (κ3) is 6.00. The van der Waals surface area contributed by atoms with E-state index in [1.165, 1.54) is 7.11 Å². The topological polar surface area (TPSA) is 18.5 Å². The Labute approximate surface area is 193 Å². The summed E-state index contributed by atoms with van der Waals surface area (Å²) in [6, 6.07) is 2.74. The van der Waals surface area contributed by atoms with Crippen molar-refractivity contribution in [2.24, 2.45) is 0 Å². The second kappa shape index (κ2) is 10.1. The highest BCUT2D eigenvalue weighted by Crippen LogP contribution is 2.47. The van der Waals surface area contributed by atoms with Crippen LogP contribution in [0.3, 0.4) is 0 Å². The van der Waals surface area contributed by atoms with Crippen molar-refractivity contribution in [1.29, 1.82) is 0 Å². The van der Waals surface area contributed by atoms with Gasteiger partial charge in [-0.25, -0.2) is 17.6 Å². The predicted octanol–water partition coefficient (Wildman–Crippen LogP) is 7.80. The molecule has 0 aliphatic carbocycles. The molecule has 0 radical (unpaired) electrons. The molecule has 0 fully saturated rings. The highest BCUT2D eigenvalue weighted by atomic mass is 35.5. The van der Waals surface area contributed by atoms with E-state index in [2.05, 4.69) is 9.47 Å². The molecule has 0 spiro atoms. The molecule has 0 aromatic heterocycles. The quantitative estimate of drug-likeness (QED) is 0.298. The first-order valence-corrected chi connectivity index (χ1v) is 9.49. The summed E-state index contributed by atoms with van der Waals surface area (Å²) < 4.78 is 139. The predicted molar refractivity (Wildman–Crippen MR) is 104 cm³/mol. The zero-order valence-corrected chi connectivity index (χ0v) is 19.0. The van der Waals surface area contributed by atoms with Crippen molar-refractivity contribution in [3.05, 3.63) is 58.7 Å². The van der Waals surface area contributed by atoms with Crippen LogP contribution in [0.5, 0.6) is 11.5 Å². The average molecular weight is 529 g/mol. The Bertz CT molecular complexity index is 886. The van der Waals surface area contributed by atoms with Gasteiger partial charge in [-0.1, -0.05) is 0 Å². The SMILES string of the molecule is COc1cc(F)c(C(C)(C)C(F)(F)F)c(F)c1.COc1cc(F)c(C(C)(Cl)C(F)(F)F)c(F)c1. The first-order valence-electron chi connectivity index (χ1n) is 9.11. The van der Waals surface area contributed by atoms with Gasteiger partial charge in [0.1, 0.15) is 34.8 Å². The van der Waals surface area contributed by atoms with E-state index in [1.54, 1.807) is 0 Å². The van der Waals surface area contributed by atoms with E-state index >= 15 is 0 Å². The highest BCUT2D eigenvalue weighted by molar-refractivity contribution is 6.24. The fourth-order valence-corrected chi connectivity index (χ4v) is 2.85. The number of halogens is 11. The molecule has 2 aromatic rings. The summed E-state index contributed by atoms with van der Waals surface area (Å²) in [4.78, 5) is -3.13. The molecule has 13 heteroatoms. The summed E-state index contributed by atoms with van der Waals surface area (Å²) in [5, 5.41) is 0. The Morgan fingerprint density at radius 1 is 0.588 bits per heavy atom. The van der Waals surface area contributed by atoms with Gasteiger partial charge in [0.15, 0.2) is 4.87 Å². The van der Waals surface area contributed by atoms with Gasteiger partial charge in [0, 0.05) is 29.8 Å². The maximum Gasteiger partial charge on any atom is 0.411 e. The molecule has 2 aromatic carbocycles. The van der Waals surface area contributed by atoms with E-state index < -0.39 is 57.0 Å². The Balaban J connectivity index is 0.000000340. The van der Waals surface area contributed by atoms with Gasteiger partial charge in [-0.05, 0) is 20.8 Å². The number of hydrogen-bond donors (Lipinski definition) is 0. The van der Waals surface area contributed by atoms with Crippen LogP contribution in [0.25, 0.3) is 0 Å². The molecule has 0 heterocycles. The molecule has 0 amide bonds. The number of ether oxygens (including phenoxy) is 2. The van der Waals surface area contributed by atoms with Crippen molar-refractivity contribution >= 4 is 11.6 Å². The number of benzene rings is 2. The van der Waals surface area contributed by atoms with E-state index in [0.717, 1.165) is 33.1 Å². The second-order valence-electron chi connectivity index (χ2n) is 7.56. The van der Waals surface area contributed by atoms with Crippen molar-refractivity contribution in [3.63, 3.8) is 0 Å². The van der Waals surface area contributed by atoms with E-state index in [4.69, 9.17) is 11.6 Å². The van der Waals surface area contributed by atoms with Crippen molar-refractivity contribution < 1.29 is 53.4 Å². The molecule has 192 valence electrons. The van der Waals surface area contributed by atoms with Crippen LogP contribution < -0.4 is 9.47 Å². The Morgan fingerprint density at radius 3 is 1.12 bits per heavy atom. The third-order valence-corrected chi connectivity index (χ3v) is 5.24. The van der Waals surface area contributed by atoms with Crippen LogP contribution in [0.4, 0.5) is 43.9 Å². The van der Waals surface area contributed by atoms with Crippen LogP contribution in [-0.4, -0.2) is 26.6 Å². The smallest absolute Gasteiger partial charge is 0.411 e. The maximum atomic E-state index is 13.5. The Kier molecular flexibility index (Phi) is 8.80. The average Bonchev–Trinajstić information content (AvgIpc) is 2.64. The number of hydrogen-bond acceptors (Lipinski definition) is 2. The van der Waals surface area contributed by atoms with E-state index in [-0.39, 0.29) is 11.5 Å². The molecule has 2 nitrogen and oxygen atoms in total. The van der Waals surface area contributed by atoms with Crippen LogP contribution >= 0.6 is 11.6 Å². The fourth-order valence-electron chi connectivity index (χ4n) is 2.66. The molecule has 0 saturated heterocycles. The number of methoxy groups -OCH3 is 2. The van der Waals surface area contributed by atoms with Crippen LogP contribution in [0, 0.1) is 23.3 Å². The highest BCUT2D eigenvalue weighted by Gasteiger charge is 2.54. The van der Waals surface area contributed by atoms with Crippen LogP contribution in [0.2, 0.25) is 0 Å². The number of rotatable bonds is 4. The lowest BCUT2D eigenvalue weighted by molar-refractivity contribution is -0.181. The normalized spacial score (nSPS) is 14.1. The molecule has 1 unspecified atom stereocenters. The van der Waals surface area contributed by atoms with Crippen LogP contribution in [-0.2, 0) is 10.3 Å². The molecular formula is C21H19ClF10O2. The summed E-state index contributed by atoms with van der Waals surface area (Å²) in [7, 11) is 2.31. The molecular weight excluding hydrogens is 510 g/mol. The molecule has 0 N–H and O–H groups in total. The zero-order valence-electron chi connectivity index (χ0n) is 18.3. The minimum absolute atomic E-state index is 0.165. The summed E-state index contributed by atoms with van der Waals surface area (Å²) in [6.07, 6.45) is -9.73. The van der Waals surface area contributed by atoms with Gasteiger partial charge in [-0.2, -0.15) is 26.3 Å². The van der Waals surface area contributed by atoms with Gasteiger partial charge in [-0.3, -0.25) is 0 Å². The minimum atomic E-state index is -4.98. The second-order valence-corrected chi connectivity index (χ2v) is 8.31. The Morgan fingerprint density at radius 2 is 0.882 bits per heavy atom. The maximum absolute atomic E-state index is 13.5.